The van der Waals surface area contributed by atoms with Crippen LogP contribution in [0.5, 0.6) is 5.75 Å². The number of carbonyl (C=O) groups is 1. The zero-order valence-electron chi connectivity index (χ0n) is 13.8. The molecule has 0 spiro atoms. The number of nitrogens with zero attached hydrogens (tertiary/aromatic N) is 1. The Morgan fingerprint density at radius 1 is 1.25 bits per heavy atom. The molecule has 0 fully saturated rings. The highest BCUT2D eigenvalue weighted by molar-refractivity contribution is 5.92. The van der Waals surface area contributed by atoms with Gasteiger partial charge in [0, 0.05) is 19.0 Å². The van der Waals surface area contributed by atoms with Gasteiger partial charge in [0.2, 0.25) is 5.91 Å². The number of aromatic nitrogens is 1. The first-order valence-electron chi connectivity index (χ1n) is 8.03. The molecule has 0 saturated carbocycles. The van der Waals surface area contributed by atoms with Crippen LogP contribution in [0.15, 0.2) is 46.9 Å². The second kappa shape index (κ2) is 7.17. The third-order valence-electron chi connectivity index (χ3n) is 3.67. The number of benzene rings is 2. The van der Waals surface area contributed by atoms with Crippen molar-refractivity contribution in [3.63, 3.8) is 0 Å². The number of anilines is 1. The van der Waals surface area contributed by atoms with Gasteiger partial charge in [-0.3, -0.25) is 4.79 Å². The van der Waals surface area contributed by atoms with Crippen LogP contribution in [-0.2, 0) is 11.2 Å². The maximum atomic E-state index is 12.2. The van der Waals surface area contributed by atoms with Crippen LogP contribution >= 0.6 is 0 Å². The van der Waals surface area contributed by atoms with Gasteiger partial charge < -0.3 is 14.5 Å². The Bertz CT molecular complexity index is 855. The summed E-state index contributed by atoms with van der Waals surface area (Å²) in [5.41, 5.74) is 3.22. The van der Waals surface area contributed by atoms with E-state index in [1.54, 1.807) is 6.92 Å². The number of aryl methyl sites for hydroxylation is 2. The normalized spacial score (nSPS) is 10.8. The minimum atomic E-state index is -0.0409. The minimum absolute atomic E-state index is 0.0409. The summed E-state index contributed by atoms with van der Waals surface area (Å²) >= 11 is 0. The van der Waals surface area contributed by atoms with E-state index in [2.05, 4.69) is 10.3 Å². The molecular weight excluding hydrogens is 304 g/mol. The first kappa shape index (κ1) is 16.1. The van der Waals surface area contributed by atoms with Crippen molar-refractivity contribution >= 4 is 22.7 Å². The number of oxazole rings is 1. The molecule has 0 aliphatic heterocycles. The van der Waals surface area contributed by atoms with Gasteiger partial charge in [-0.25, -0.2) is 4.98 Å². The molecule has 1 aromatic heterocycles. The van der Waals surface area contributed by atoms with Crippen LogP contribution in [0.25, 0.3) is 11.1 Å². The quantitative estimate of drug-likeness (QED) is 0.741. The SMILES string of the molecule is CCOc1ccccc1CCC(=O)Nc1ccc2oc(C)nc2c1. The summed E-state index contributed by atoms with van der Waals surface area (Å²) in [5.74, 6) is 1.41. The Morgan fingerprint density at radius 2 is 2.08 bits per heavy atom. The third-order valence-corrected chi connectivity index (χ3v) is 3.67. The van der Waals surface area contributed by atoms with Crippen LogP contribution < -0.4 is 10.1 Å². The van der Waals surface area contributed by atoms with Crippen LogP contribution in [0.2, 0.25) is 0 Å². The number of fused-ring (bicyclic) bond motifs is 1. The lowest BCUT2D eigenvalue weighted by Gasteiger charge is -2.10. The Labute approximate surface area is 140 Å². The van der Waals surface area contributed by atoms with Crippen molar-refractivity contribution in [3.05, 3.63) is 53.9 Å². The molecule has 0 atom stereocenters. The molecule has 0 aliphatic rings. The van der Waals surface area contributed by atoms with E-state index in [0.717, 1.165) is 28.1 Å². The van der Waals surface area contributed by atoms with Crippen molar-refractivity contribution in [2.24, 2.45) is 0 Å². The molecule has 1 heterocycles. The third kappa shape index (κ3) is 3.74. The zero-order valence-corrected chi connectivity index (χ0v) is 13.8. The fraction of sp³-hybridized carbons (Fsp3) is 0.263. The van der Waals surface area contributed by atoms with Gasteiger partial charge in [0.25, 0.3) is 0 Å². The van der Waals surface area contributed by atoms with Crippen LogP contribution in [0.3, 0.4) is 0 Å². The number of hydrogen-bond donors (Lipinski definition) is 1. The summed E-state index contributed by atoms with van der Waals surface area (Å²) < 4.78 is 11.0. The predicted molar refractivity (Wildman–Crippen MR) is 93.3 cm³/mol. The molecule has 5 heteroatoms. The largest absolute Gasteiger partial charge is 0.494 e. The van der Waals surface area contributed by atoms with Gasteiger partial charge in [0.15, 0.2) is 11.5 Å². The van der Waals surface area contributed by atoms with Crippen LogP contribution in [-0.4, -0.2) is 17.5 Å². The summed E-state index contributed by atoms with van der Waals surface area (Å²) in [4.78, 5) is 16.5. The van der Waals surface area contributed by atoms with Crippen LogP contribution in [0.1, 0.15) is 24.8 Å². The van der Waals surface area contributed by atoms with E-state index < -0.39 is 0 Å². The lowest BCUT2D eigenvalue weighted by molar-refractivity contribution is -0.116. The summed E-state index contributed by atoms with van der Waals surface area (Å²) in [6.07, 6.45) is 1.02. The standard InChI is InChI=1S/C19H20N2O3/c1-3-23-17-7-5-4-6-14(17)8-11-19(22)21-15-9-10-18-16(12-15)20-13(2)24-18/h4-7,9-10,12H,3,8,11H2,1-2H3,(H,21,22). The Kier molecular flexibility index (Phi) is 4.79. The van der Waals surface area contributed by atoms with E-state index in [0.29, 0.717) is 25.3 Å². The second-order valence-electron chi connectivity index (χ2n) is 5.50. The van der Waals surface area contributed by atoms with E-state index in [1.807, 2.05) is 49.4 Å². The first-order valence-corrected chi connectivity index (χ1v) is 8.03. The summed E-state index contributed by atoms with van der Waals surface area (Å²) in [5, 5.41) is 2.90. The minimum Gasteiger partial charge on any atom is -0.494 e. The van der Waals surface area contributed by atoms with E-state index in [-0.39, 0.29) is 5.91 Å². The molecular formula is C19H20N2O3. The van der Waals surface area contributed by atoms with Gasteiger partial charge in [-0.05, 0) is 43.2 Å². The summed E-state index contributed by atoms with van der Waals surface area (Å²) in [7, 11) is 0. The van der Waals surface area contributed by atoms with Crippen molar-refractivity contribution in [3.8, 4) is 5.75 Å². The van der Waals surface area contributed by atoms with Gasteiger partial charge in [-0.15, -0.1) is 0 Å². The van der Waals surface area contributed by atoms with E-state index >= 15 is 0 Å². The monoisotopic (exact) mass is 324 g/mol. The lowest BCUT2D eigenvalue weighted by atomic mass is 10.1. The number of rotatable bonds is 6. The van der Waals surface area contributed by atoms with Gasteiger partial charge >= 0.3 is 0 Å². The highest BCUT2D eigenvalue weighted by Gasteiger charge is 2.09. The average Bonchev–Trinajstić information content (AvgIpc) is 2.93. The Morgan fingerprint density at radius 3 is 2.92 bits per heavy atom. The molecule has 3 aromatic rings. The van der Waals surface area contributed by atoms with Crippen molar-refractivity contribution in [1.82, 2.24) is 4.98 Å². The molecule has 5 nitrogen and oxygen atoms in total. The lowest BCUT2D eigenvalue weighted by Crippen LogP contribution is -2.12. The average molecular weight is 324 g/mol. The van der Waals surface area contributed by atoms with Gasteiger partial charge in [-0.1, -0.05) is 18.2 Å². The maximum Gasteiger partial charge on any atom is 0.224 e. The molecule has 24 heavy (non-hydrogen) atoms. The number of carbonyl (C=O) groups excluding carboxylic acids is 1. The predicted octanol–water partition coefficient (Wildman–Crippen LogP) is 4.11. The van der Waals surface area contributed by atoms with Crippen molar-refractivity contribution < 1.29 is 13.9 Å². The fourth-order valence-corrected chi connectivity index (χ4v) is 2.60. The molecule has 0 saturated heterocycles. The van der Waals surface area contributed by atoms with Crippen molar-refractivity contribution in [1.29, 1.82) is 0 Å². The molecule has 2 aromatic carbocycles. The van der Waals surface area contributed by atoms with Gasteiger partial charge in [0.05, 0.1) is 6.61 Å². The highest BCUT2D eigenvalue weighted by Crippen LogP contribution is 2.21. The topological polar surface area (TPSA) is 64.4 Å². The summed E-state index contributed by atoms with van der Waals surface area (Å²) in [6, 6.07) is 13.3. The number of para-hydroxylation sites is 1. The van der Waals surface area contributed by atoms with Crippen LogP contribution in [0.4, 0.5) is 5.69 Å². The zero-order chi connectivity index (χ0) is 16.9. The molecule has 3 rings (SSSR count). The van der Waals surface area contributed by atoms with Crippen molar-refractivity contribution in [2.75, 3.05) is 11.9 Å². The van der Waals surface area contributed by atoms with Gasteiger partial charge in [-0.2, -0.15) is 0 Å². The Balaban J connectivity index is 1.62. The van der Waals surface area contributed by atoms with E-state index in [1.165, 1.54) is 0 Å². The van der Waals surface area contributed by atoms with Crippen LogP contribution in [0, 0.1) is 6.92 Å². The number of hydrogen-bond acceptors (Lipinski definition) is 4. The van der Waals surface area contributed by atoms with E-state index in [9.17, 15) is 4.79 Å². The second-order valence-corrected chi connectivity index (χ2v) is 5.50. The van der Waals surface area contributed by atoms with Crippen molar-refractivity contribution in [2.45, 2.75) is 26.7 Å². The summed E-state index contributed by atoms with van der Waals surface area (Å²) in [6.45, 7) is 4.36. The molecule has 1 N–H and O–H groups in total. The molecule has 0 unspecified atom stereocenters. The molecule has 0 bridgehead atoms. The molecule has 0 aliphatic carbocycles. The number of amides is 1. The highest BCUT2D eigenvalue weighted by atomic mass is 16.5. The maximum absolute atomic E-state index is 12.2. The molecule has 124 valence electrons. The number of nitrogens with one attached hydrogen (secondary N) is 1. The molecule has 0 radical (unpaired) electrons. The smallest absolute Gasteiger partial charge is 0.224 e. The Hall–Kier alpha value is -2.82. The van der Waals surface area contributed by atoms with Gasteiger partial charge in [0.1, 0.15) is 11.3 Å². The fourth-order valence-electron chi connectivity index (χ4n) is 2.60. The first-order chi connectivity index (χ1) is 11.7. The van der Waals surface area contributed by atoms with E-state index in [4.69, 9.17) is 9.15 Å². The number of ether oxygens (including phenoxy) is 1. The molecule has 1 amide bonds.